The van der Waals surface area contributed by atoms with Gasteiger partial charge in [0.25, 0.3) is 16.8 Å². The molecule has 2 heterocycles. The number of thioether (sulfide) groups is 1. The van der Waals surface area contributed by atoms with E-state index in [0.29, 0.717) is 36.0 Å². The number of hydrogen-bond donors (Lipinski definition) is 0. The summed E-state index contributed by atoms with van der Waals surface area (Å²) < 4.78 is 36.0. The third-order valence-electron chi connectivity index (χ3n) is 5.98. The van der Waals surface area contributed by atoms with Crippen molar-refractivity contribution in [3.63, 3.8) is 0 Å². The molecule has 0 radical (unpaired) electrons. The standard InChI is InChI=1S/C24H23N3O9S2/c1-15-5-7-17(13-18(15)27(31)32)38(33,34)36-19-8-6-16(11-20(19)35-2)12-21-23(29)26(24(30)37-21)14-22(28)25-9-3-4-10-25/h5-8,11-13H,3-4,9-10,14H2,1-2H3/b21-12-. The van der Waals surface area contributed by atoms with Gasteiger partial charge in [-0.15, -0.1) is 0 Å². The van der Waals surface area contributed by atoms with E-state index >= 15 is 0 Å². The van der Waals surface area contributed by atoms with E-state index in [4.69, 9.17) is 8.92 Å². The first kappa shape index (κ1) is 27.1. The van der Waals surface area contributed by atoms with Crippen LogP contribution in [0.3, 0.4) is 0 Å². The molecule has 0 aromatic heterocycles. The molecule has 0 spiro atoms. The lowest BCUT2D eigenvalue weighted by Gasteiger charge is -2.18. The van der Waals surface area contributed by atoms with Crippen LogP contribution >= 0.6 is 11.8 Å². The van der Waals surface area contributed by atoms with Crippen LogP contribution in [0, 0.1) is 17.0 Å². The Morgan fingerprint density at radius 1 is 1.13 bits per heavy atom. The molecule has 14 heteroatoms. The molecule has 0 atom stereocenters. The van der Waals surface area contributed by atoms with Crippen LogP contribution in [0.5, 0.6) is 11.5 Å². The number of imide groups is 1. The zero-order valence-electron chi connectivity index (χ0n) is 20.4. The number of nitro benzene ring substituents is 1. The smallest absolute Gasteiger partial charge is 0.339 e. The van der Waals surface area contributed by atoms with Crippen LogP contribution in [0.25, 0.3) is 6.08 Å². The Balaban J connectivity index is 1.53. The molecule has 2 aromatic carbocycles. The van der Waals surface area contributed by atoms with Crippen LogP contribution in [0.4, 0.5) is 10.5 Å². The van der Waals surface area contributed by atoms with E-state index < -0.39 is 31.1 Å². The molecule has 0 aliphatic carbocycles. The summed E-state index contributed by atoms with van der Waals surface area (Å²) in [4.78, 5) is 50.3. The second-order valence-electron chi connectivity index (χ2n) is 8.51. The second-order valence-corrected chi connectivity index (χ2v) is 11.0. The quantitative estimate of drug-likeness (QED) is 0.203. The minimum absolute atomic E-state index is 0.00683. The molecule has 3 amide bonds. The van der Waals surface area contributed by atoms with Crippen molar-refractivity contribution in [3.05, 3.63) is 62.5 Å². The lowest BCUT2D eigenvalue weighted by Crippen LogP contribution is -2.40. The van der Waals surface area contributed by atoms with E-state index in [-0.39, 0.29) is 34.5 Å². The lowest BCUT2D eigenvalue weighted by atomic mass is 10.2. The van der Waals surface area contributed by atoms with Gasteiger partial charge >= 0.3 is 10.1 Å². The van der Waals surface area contributed by atoms with Gasteiger partial charge in [-0.2, -0.15) is 8.42 Å². The SMILES string of the molecule is COc1cc(/C=C2\SC(=O)N(CC(=O)N3CCCC3)C2=O)ccc1OS(=O)(=O)c1ccc(C)c([N+](=O)[O-])c1. The Labute approximate surface area is 222 Å². The topological polar surface area (TPSA) is 153 Å². The average Bonchev–Trinajstić information content (AvgIpc) is 3.50. The molecule has 2 aromatic rings. The fraction of sp³-hybridized carbons (Fsp3) is 0.292. The highest BCUT2D eigenvalue weighted by atomic mass is 32.2. The van der Waals surface area contributed by atoms with Crippen LogP contribution in [-0.4, -0.2) is 66.9 Å². The molecule has 200 valence electrons. The average molecular weight is 562 g/mol. The number of carbonyl (C=O) groups is 3. The zero-order valence-corrected chi connectivity index (χ0v) is 22.0. The maximum absolute atomic E-state index is 12.8. The summed E-state index contributed by atoms with van der Waals surface area (Å²) in [5, 5.41) is 10.6. The van der Waals surface area contributed by atoms with E-state index in [0.717, 1.165) is 23.8 Å². The minimum Gasteiger partial charge on any atom is -0.493 e. The highest BCUT2D eigenvalue weighted by molar-refractivity contribution is 8.18. The molecule has 4 rings (SSSR count). The van der Waals surface area contributed by atoms with Crippen LogP contribution in [0.2, 0.25) is 0 Å². The summed E-state index contributed by atoms with van der Waals surface area (Å²) in [5.74, 6) is -1.06. The van der Waals surface area contributed by atoms with E-state index in [2.05, 4.69) is 0 Å². The first-order chi connectivity index (χ1) is 18.0. The Kier molecular flexibility index (Phi) is 7.73. The first-order valence-electron chi connectivity index (χ1n) is 11.4. The van der Waals surface area contributed by atoms with E-state index in [9.17, 15) is 32.9 Å². The third kappa shape index (κ3) is 5.65. The second kappa shape index (κ2) is 10.8. The number of likely N-dealkylation sites (tertiary alicyclic amines) is 1. The lowest BCUT2D eigenvalue weighted by molar-refractivity contribution is -0.385. The first-order valence-corrected chi connectivity index (χ1v) is 13.6. The van der Waals surface area contributed by atoms with Crippen molar-refractivity contribution >= 4 is 50.7 Å². The Bertz CT molecular complexity index is 1460. The Hall–Kier alpha value is -3.91. The zero-order chi connectivity index (χ0) is 27.6. The van der Waals surface area contributed by atoms with Crippen LogP contribution in [0.15, 0.2) is 46.2 Å². The fourth-order valence-electron chi connectivity index (χ4n) is 3.94. The summed E-state index contributed by atoms with van der Waals surface area (Å²) in [6.07, 6.45) is 3.21. The third-order valence-corrected chi connectivity index (χ3v) is 8.11. The molecule has 2 fully saturated rings. The van der Waals surface area contributed by atoms with Gasteiger partial charge in [-0.05, 0) is 61.4 Å². The van der Waals surface area contributed by atoms with Gasteiger partial charge < -0.3 is 13.8 Å². The van der Waals surface area contributed by atoms with E-state index in [1.165, 1.54) is 50.4 Å². The monoisotopic (exact) mass is 561 g/mol. The van der Waals surface area contributed by atoms with Crippen molar-refractivity contribution in [1.29, 1.82) is 0 Å². The normalized spacial score (nSPS) is 16.8. The number of aryl methyl sites for hydroxylation is 1. The van der Waals surface area contributed by atoms with Crippen LogP contribution < -0.4 is 8.92 Å². The van der Waals surface area contributed by atoms with Gasteiger partial charge in [0.1, 0.15) is 11.4 Å². The number of methoxy groups -OCH3 is 1. The Morgan fingerprint density at radius 2 is 1.84 bits per heavy atom. The molecule has 0 bridgehead atoms. The summed E-state index contributed by atoms with van der Waals surface area (Å²) in [7, 11) is -3.16. The van der Waals surface area contributed by atoms with E-state index in [1.807, 2.05) is 0 Å². The summed E-state index contributed by atoms with van der Waals surface area (Å²) in [5.41, 5.74) is 0.336. The summed E-state index contributed by atoms with van der Waals surface area (Å²) in [6.45, 7) is 2.37. The summed E-state index contributed by atoms with van der Waals surface area (Å²) >= 11 is 0.696. The molecule has 2 aliphatic rings. The summed E-state index contributed by atoms with van der Waals surface area (Å²) in [6, 6.07) is 7.58. The van der Waals surface area contributed by atoms with Gasteiger partial charge in [-0.1, -0.05) is 12.1 Å². The van der Waals surface area contributed by atoms with Crippen molar-refractivity contribution in [2.24, 2.45) is 0 Å². The van der Waals surface area contributed by atoms with Crippen LogP contribution in [0.1, 0.15) is 24.0 Å². The molecule has 2 aliphatic heterocycles. The number of hydrogen-bond acceptors (Lipinski definition) is 10. The minimum atomic E-state index is -4.44. The molecule has 0 saturated carbocycles. The van der Waals surface area contributed by atoms with E-state index in [1.54, 1.807) is 4.90 Å². The van der Waals surface area contributed by atoms with Gasteiger partial charge in [0.2, 0.25) is 5.91 Å². The largest absolute Gasteiger partial charge is 0.493 e. The van der Waals surface area contributed by atoms with Gasteiger partial charge in [0.15, 0.2) is 11.5 Å². The number of carbonyl (C=O) groups excluding carboxylic acids is 3. The Morgan fingerprint density at radius 3 is 2.50 bits per heavy atom. The van der Waals surface area contributed by atoms with Crippen molar-refractivity contribution in [2.75, 3.05) is 26.7 Å². The van der Waals surface area contributed by atoms with Crippen molar-refractivity contribution in [1.82, 2.24) is 9.80 Å². The van der Waals surface area contributed by atoms with Crippen LogP contribution in [-0.2, 0) is 19.7 Å². The number of amides is 3. The number of benzene rings is 2. The van der Waals surface area contributed by atoms with Gasteiger partial charge in [-0.3, -0.25) is 29.4 Å². The van der Waals surface area contributed by atoms with Gasteiger partial charge in [0, 0.05) is 24.7 Å². The number of ether oxygens (including phenoxy) is 1. The number of nitrogens with zero attached hydrogens (tertiary/aromatic N) is 3. The maximum atomic E-state index is 12.8. The molecular weight excluding hydrogens is 538 g/mol. The molecule has 0 N–H and O–H groups in total. The molecule has 12 nitrogen and oxygen atoms in total. The predicted octanol–water partition coefficient (Wildman–Crippen LogP) is 3.34. The van der Waals surface area contributed by atoms with Gasteiger partial charge in [-0.25, -0.2) is 0 Å². The van der Waals surface area contributed by atoms with Gasteiger partial charge in [0.05, 0.1) is 16.9 Å². The highest BCUT2D eigenvalue weighted by Gasteiger charge is 2.37. The van der Waals surface area contributed by atoms with Crippen molar-refractivity contribution in [3.8, 4) is 11.5 Å². The number of rotatable bonds is 8. The molecule has 2 saturated heterocycles. The van der Waals surface area contributed by atoms with Crippen molar-refractivity contribution < 1.29 is 36.6 Å². The predicted molar refractivity (Wildman–Crippen MR) is 137 cm³/mol. The number of nitro groups is 1. The molecular formula is C24H23N3O9S2. The fourth-order valence-corrected chi connectivity index (χ4v) is 5.74. The molecule has 0 unspecified atom stereocenters. The molecule has 38 heavy (non-hydrogen) atoms. The van der Waals surface area contributed by atoms with Crippen molar-refractivity contribution in [2.45, 2.75) is 24.7 Å². The maximum Gasteiger partial charge on any atom is 0.339 e. The highest BCUT2D eigenvalue weighted by Crippen LogP contribution is 2.36.